The molecule has 1 heterocycles. The van der Waals surface area contributed by atoms with Gasteiger partial charge in [-0.3, -0.25) is 52.7 Å². The molecule has 1 aliphatic heterocycles. The molecule has 0 bridgehead atoms. The van der Waals surface area contributed by atoms with Crippen LogP contribution < -0.4 is 21.3 Å². The molecule has 0 radical (unpaired) electrons. The maximum Gasteiger partial charge on any atom is 0.246 e. The number of likely N-dealkylation sites (N-methyl/N-ethyl adjacent to an activating group) is 7. The van der Waals surface area contributed by atoms with Crippen molar-refractivity contribution in [3.8, 4) is 0 Å². The molecule has 0 unspecified atom stereocenters. The third-order valence-corrected chi connectivity index (χ3v) is 17.7. The zero-order chi connectivity index (χ0) is 70.8. The Hall–Kier alpha value is -6.17. The number of carbonyl (C=O) groups excluding carboxylic acids is 11. The van der Waals surface area contributed by atoms with Crippen molar-refractivity contribution < 1.29 is 63.0 Å². The van der Waals surface area contributed by atoms with Crippen molar-refractivity contribution in [3.63, 3.8) is 0 Å². The molecule has 1 fully saturated rings. The van der Waals surface area contributed by atoms with Gasteiger partial charge in [0.1, 0.15) is 66.5 Å². The van der Waals surface area contributed by atoms with Crippen LogP contribution in [0.3, 0.4) is 0 Å². The van der Waals surface area contributed by atoms with Crippen LogP contribution in [0.5, 0.6) is 0 Å². The SMILES string of the molecule is C/C=C/C[C@@H](C)[C@@H](O)[C@H]1C(=O)N[C@@H](CCC)C(=O)N(C)[C@H](C)C(=O)N(C)[C@@H]([C@H](C)CCC(C)(C)O)C(=O)N[C@@H](C(C)C)C(=O)N(C)[C@@H](CC(C)C)C(=O)N[C@@H](C)C(=O)N[C@H](C)C(=O)N(C)[C@@H](CC(C)C)C(=O)N(C)[C@@H](CC(C)C)C(=O)N(C)[C@@H](C(C)C)C(=O)N1C. The molecular weight excluding hydrogens is 1170 g/mol. The number of carbonyl (C=O) groups is 11. The van der Waals surface area contributed by atoms with Crippen LogP contribution in [0, 0.1) is 41.4 Å². The number of hydrogen-bond acceptors (Lipinski definition) is 13. The van der Waals surface area contributed by atoms with E-state index >= 15 is 19.2 Å². The van der Waals surface area contributed by atoms with Crippen LogP contribution in [0.15, 0.2) is 12.2 Å². The molecule has 91 heavy (non-hydrogen) atoms. The molecule has 522 valence electrons. The largest absolute Gasteiger partial charge is 0.390 e. The van der Waals surface area contributed by atoms with Crippen molar-refractivity contribution in [1.82, 2.24) is 55.6 Å². The van der Waals surface area contributed by atoms with Gasteiger partial charge in [0, 0.05) is 49.3 Å². The van der Waals surface area contributed by atoms with E-state index in [0.717, 1.165) is 9.80 Å². The van der Waals surface area contributed by atoms with Crippen LogP contribution >= 0.6 is 0 Å². The summed E-state index contributed by atoms with van der Waals surface area (Å²) in [6.07, 6.45) is 3.63. The van der Waals surface area contributed by atoms with Crippen molar-refractivity contribution >= 4 is 65.0 Å². The minimum absolute atomic E-state index is 0.0579. The van der Waals surface area contributed by atoms with Gasteiger partial charge in [-0.2, -0.15) is 0 Å². The number of aliphatic hydroxyl groups is 2. The van der Waals surface area contributed by atoms with E-state index in [1.807, 2.05) is 41.5 Å². The van der Waals surface area contributed by atoms with Gasteiger partial charge in [0.2, 0.25) is 65.0 Å². The summed E-state index contributed by atoms with van der Waals surface area (Å²) in [5, 5.41) is 34.2. The predicted molar refractivity (Wildman–Crippen MR) is 353 cm³/mol. The Morgan fingerprint density at radius 1 is 0.484 bits per heavy atom. The number of aliphatic hydroxyl groups excluding tert-OH is 1. The molecule has 11 amide bonds. The summed E-state index contributed by atoms with van der Waals surface area (Å²) in [5.41, 5.74) is -1.17. The van der Waals surface area contributed by atoms with Gasteiger partial charge in [-0.05, 0) is 128 Å². The third kappa shape index (κ3) is 23.4. The first kappa shape index (κ1) is 82.8. The predicted octanol–water partition coefficient (Wildman–Crippen LogP) is 4.19. The van der Waals surface area contributed by atoms with Gasteiger partial charge < -0.3 is 65.8 Å². The average Bonchev–Trinajstić information content (AvgIpc) is 0.912. The molecule has 14 atom stereocenters. The van der Waals surface area contributed by atoms with Crippen molar-refractivity contribution in [1.29, 1.82) is 0 Å². The van der Waals surface area contributed by atoms with Gasteiger partial charge in [-0.25, -0.2) is 0 Å². The van der Waals surface area contributed by atoms with Crippen LogP contribution in [-0.2, 0) is 52.7 Å². The van der Waals surface area contributed by atoms with E-state index in [9.17, 15) is 43.8 Å². The lowest BCUT2D eigenvalue weighted by Gasteiger charge is -2.41. The molecular formula is C67H121N11O13. The number of nitrogens with one attached hydrogen (secondary N) is 4. The maximum absolute atomic E-state index is 15.3. The van der Waals surface area contributed by atoms with Gasteiger partial charge in [0.25, 0.3) is 0 Å². The second-order valence-corrected chi connectivity index (χ2v) is 28.5. The Balaban J connectivity index is 4.50. The minimum atomic E-state index is -1.64. The molecule has 0 aromatic carbocycles. The standard InChI is InChI=1S/C67H121N11O13/c1-27-29-31-43(14)55(79)54-59(83)70-47(30-28-2)62(86)72(20)46(17)61(85)77(25)53(42(13)32-33-67(18,19)91)58(82)71-51(40(9)10)65(89)73(21)48(34-37(3)4)57(81)68-44(15)56(80)69-45(16)60(84)74(22)49(35-38(5)6)63(87)75(23)50(36-39(7)8)64(88)76(24)52(41(11)12)66(90)78(54)26/h27,29,37-55,79,91H,28,30-36H2,1-26H3,(H,68,81)(H,69,80)(H,70,83)(H,71,82)/b29-27+/t42-,43-,44+,45-,46-,47+,48+,49+,50+,51+,52+,53+,54+,55-/m1/s1. The first-order valence-electron chi connectivity index (χ1n) is 32.9. The van der Waals surface area contributed by atoms with E-state index in [-0.39, 0.29) is 56.3 Å². The number of allylic oxidation sites excluding steroid dienone is 2. The van der Waals surface area contributed by atoms with Gasteiger partial charge in [0.15, 0.2) is 0 Å². The molecule has 0 spiro atoms. The fraction of sp³-hybridized carbons (Fsp3) is 0.806. The second-order valence-electron chi connectivity index (χ2n) is 28.5. The quantitative estimate of drug-likeness (QED) is 0.105. The van der Waals surface area contributed by atoms with E-state index in [2.05, 4.69) is 21.3 Å². The molecule has 24 heteroatoms. The Kier molecular flexibility index (Phi) is 33.6. The second kappa shape index (κ2) is 36.9. The average molecular weight is 1290 g/mol. The zero-order valence-electron chi connectivity index (χ0n) is 60.3. The summed E-state index contributed by atoms with van der Waals surface area (Å²) < 4.78 is 0. The Labute approximate surface area is 545 Å². The number of amides is 11. The highest BCUT2D eigenvalue weighted by atomic mass is 16.3. The van der Waals surface area contributed by atoms with Crippen LogP contribution in [-0.4, -0.2) is 237 Å². The number of rotatable bonds is 18. The van der Waals surface area contributed by atoms with Gasteiger partial charge >= 0.3 is 0 Å². The van der Waals surface area contributed by atoms with Crippen molar-refractivity contribution in [2.75, 3.05) is 49.3 Å². The van der Waals surface area contributed by atoms with Crippen LogP contribution in [0.1, 0.15) is 183 Å². The maximum atomic E-state index is 15.3. The van der Waals surface area contributed by atoms with E-state index < -0.39 is 167 Å². The van der Waals surface area contributed by atoms with Crippen LogP contribution in [0.2, 0.25) is 0 Å². The summed E-state index contributed by atoms with van der Waals surface area (Å²) in [7, 11) is 9.90. The first-order valence-corrected chi connectivity index (χ1v) is 32.9. The molecule has 6 N–H and O–H groups in total. The van der Waals surface area contributed by atoms with E-state index in [1.54, 1.807) is 81.4 Å². The summed E-state index contributed by atoms with van der Waals surface area (Å²) in [5.74, 6) is -10.6. The summed E-state index contributed by atoms with van der Waals surface area (Å²) in [4.78, 5) is 171. The number of hydrogen-bond donors (Lipinski definition) is 6. The minimum Gasteiger partial charge on any atom is -0.390 e. The fourth-order valence-electron chi connectivity index (χ4n) is 11.7. The van der Waals surface area contributed by atoms with Crippen LogP contribution in [0.4, 0.5) is 0 Å². The monoisotopic (exact) mass is 1290 g/mol. The number of nitrogens with zero attached hydrogens (tertiary/aromatic N) is 7. The molecule has 24 nitrogen and oxygen atoms in total. The van der Waals surface area contributed by atoms with E-state index in [1.165, 1.54) is 94.6 Å². The zero-order valence-corrected chi connectivity index (χ0v) is 60.3. The Morgan fingerprint density at radius 3 is 1.38 bits per heavy atom. The lowest BCUT2D eigenvalue weighted by molar-refractivity contribution is -0.157. The molecule has 1 aliphatic rings. The highest BCUT2D eigenvalue weighted by Crippen LogP contribution is 2.27. The normalized spacial score (nSPS) is 27.2. The summed E-state index contributed by atoms with van der Waals surface area (Å²) in [6.45, 7) is 32.7. The third-order valence-electron chi connectivity index (χ3n) is 17.7. The summed E-state index contributed by atoms with van der Waals surface area (Å²) >= 11 is 0. The molecule has 1 rings (SSSR count). The molecule has 0 saturated carbocycles. The summed E-state index contributed by atoms with van der Waals surface area (Å²) in [6, 6.07) is -14.0. The van der Waals surface area contributed by atoms with Gasteiger partial charge in [0.05, 0.1) is 11.7 Å². The smallest absolute Gasteiger partial charge is 0.246 e. The fourth-order valence-corrected chi connectivity index (χ4v) is 11.7. The van der Waals surface area contributed by atoms with E-state index in [0.29, 0.717) is 12.8 Å². The van der Waals surface area contributed by atoms with Crippen LogP contribution in [0.25, 0.3) is 0 Å². The van der Waals surface area contributed by atoms with Crippen molar-refractivity contribution in [2.45, 2.75) is 261 Å². The van der Waals surface area contributed by atoms with Crippen molar-refractivity contribution in [3.05, 3.63) is 12.2 Å². The van der Waals surface area contributed by atoms with E-state index in [4.69, 9.17) is 0 Å². The Bertz CT molecular complexity index is 2500. The van der Waals surface area contributed by atoms with Crippen molar-refractivity contribution in [2.24, 2.45) is 41.4 Å². The highest BCUT2D eigenvalue weighted by molar-refractivity contribution is 6.00. The molecule has 0 aromatic heterocycles. The highest BCUT2D eigenvalue weighted by Gasteiger charge is 2.46. The van der Waals surface area contributed by atoms with Gasteiger partial charge in [-0.15, -0.1) is 0 Å². The lowest BCUT2D eigenvalue weighted by atomic mass is 9.89. The first-order chi connectivity index (χ1) is 41.8. The molecule has 0 aromatic rings. The van der Waals surface area contributed by atoms with Gasteiger partial charge in [-0.1, -0.05) is 109 Å². The lowest BCUT2D eigenvalue weighted by Crippen LogP contribution is -2.64. The molecule has 0 aliphatic carbocycles. The topological polar surface area (TPSA) is 299 Å². The molecule has 1 saturated heterocycles. The Morgan fingerprint density at radius 2 is 0.923 bits per heavy atom.